The monoisotopic (exact) mass is 397 g/mol. The quantitative estimate of drug-likeness (QED) is 0.715. The van der Waals surface area contributed by atoms with E-state index >= 15 is 0 Å². The Hall–Kier alpha value is -2.62. The van der Waals surface area contributed by atoms with Crippen LogP contribution in [0.4, 0.5) is 10.5 Å². The lowest BCUT2D eigenvalue weighted by atomic mass is 10.2. The number of ether oxygens (including phenoxy) is 1. The Bertz CT molecular complexity index is 837. The minimum Gasteiger partial charge on any atom is -0.449 e. The van der Waals surface area contributed by atoms with E-state index in [1.807, 2.05) is 0 Å². The standard InChI is InChI=1S/C17H23N3O6S/c1-11(2)18-17(23)19-15(21)12(3)26-16(22)13-6-4-7-14(10-13)20-8-5-9-27(20,24)25/h4,6-7,10-12H,5,8-9H2,1-3H3,(H2,18,19,21,23). The summed E-state index contributed by atoms with van der Waals surface area (Å²) in [6.07, 6.45) is -0.679. The molecule has 2 N–H and O–H groups in total. The number of nitrogens with zero attached hydrogens (tertiary/aromatic N) is 1. The van der Waals surface area contributed by atoms with Crippen molar-refractivity contribution in [3.05, 3.63) is 29.8 Å². The number of urea groups is 1. The fourth-order valence-electron chi connectivity index (χ4n) is 2.51. The molecule has 2 rings (SSSR count). The first-order valence-electron chi connectivity index (χ1n) is 8.53. The van der Waals surface area contributed by atoms with Gasteiger partial charge in [-0.2, -0.15) is 0 Å². The van der Waals surface area contributed by atoms with Crippen LogP contribution in [-0.2, 0) is 19.6 Å². The van der Waals surface area contributed by atoms with E-state index in [0.29, 0.717) is 18.7 Å². The number of nitrogens with one attached hydrogen (secondary N) is 2. The largest absolute Gasteiger partial charge is 0.449 e. The van der Waals surface area contributed by atoms with Gasteiger partial charge in [0.2, 0.25) is 10.0 Å². The normalized spacial score (nSPS) is 16.7. The molecule has 1 fully saturated rings. The van der Waals surface area contributed by atoms with Crippen LogP contribution in [0.5, 0.6) is 0 Å². The van der Waals surface area contributed by atoms with Crippen LogP contribution in [0.3, 0.4) is 0 Å². The van der Waals surface area contributed by atoms with E-state index in [0.717, 1.165) is 0 Å². The van der Waals surface area contributed by atoms with Crippen LogP contribution in [0, 0.1) is 0 Å². The van der Waals surface area contributed by atoms with Crippen LogP contribution >= 0.6 is 0 Å². The van der Waals surface area contributed by atoms with Gasteiger partial charge in [-0.3, -0.25) is 14.4 Å². The van der Waals surface area contributed by atoms with Crippen molar-refractivity contribution >= 4 is 33.6 Å². The number of rotatable bonds is 5. The highest BCUT2D eigenvalue weighted by Gasteiger charge is 2.29. The van der Waals surface area contributed by atoms with E-state index in [1.165, 1.54) is 23.4 Å². The zero-order valence-electron chi connectivity index (χ0n) is 15.4. The molecule has 0 saturated carbocycles. The molecule has 0 aromatic heterocycles. The van der Waals surface area contributed by atoms with Crippen LogP contribution in [0.1, 0.15) is 37.6 Å². The van der Waals surface area contributed by atoms with Crippen molar-refractivity contribution in [1.29, 1.82) is 0 Å². The first-order chi connectivity index (χ1) is 12.6. The summed E-state index contributed by atoms with van der Waals surface area (Å²) in [5, 5.41) is 4.57. The molecule has 0 aliphatic carbocycles. The molecule has 0 bridgehead atoms. The average Bonchev–Trinajstić information content (AvgIpc) is 2.93. The second-order valence-electron chi connectivity index (χ2n) is 6.46. The number of hydrogen-bond donors (Lipinski definition) is 2. The first kappa shape index (κ1) is 20.7. The number of carbonyl (C=O) groups is 3. The van der Waals surface area contributed by atoms with Crippen LogP contribution in [0.2, 0.25) is 0 Å². The van der Waals surface area contributed by atoms with Gasteiger partial charge >= 0.3 is 12.0 Å². The Morgan fingerprint density at radius 2 is 1.89 bits per heavy atom. The molecule has 1 unspecified atom stereocenters. The Labute approximate surface area is 158 Å². The Balaban J connectivity index is 2.02. The molecule has 0 spiro atoms. The summed E-state index contributed by atoms with van der Waals surface area (Å²) >= 11 is 0. The van der Waals surface area contributed by atoms with Crippen molar-refractivity contribution in [2.75, 3.05) is 16.6 Å². The molecule has 1 atom stereocenters. The number of benzene rings is 1. The van der Waals surface area contributed by atoms with Gasteiger partial charge in [-0.1, -0.05) is 6.07 Å². The van der Waals surface area contributed by atoms with Gasteiger partial charge in [-0.05, 0) is 45.4 Å². The summed E-state index contributed by atoms with van der Waals surface area (Å²) in [5.41, 5.74) is 0.483. The second-order valence-corrected chi connectivity index (χ2v) is 8.47. The maximum atomic E-state index is 12.3. The van der Waals surface area contributed by atoms with Crippen LogP contribution in [-0.4, -0.2) is 50.8 Å². The number of sulfonamides is 1. The fourth-order valence-corrected chi connectivity index (χ4v) is 4.07. The molecule has 148 valence electrons. The molecular weight excluding hydrogens is 374 g/mol. The molecule has 0 radical (unpaired) electrons. The Morgan fingerprint density at radius 1 is 1.19 bits per heavy atom. The van der Waals surface area contributed by atoms with Crippen molar-refractivity contribution in [3.8, 4) is 0 Å². The minimum atomic E-state index is -3.37. The average molecular weight is 397 g/mol. The Kier molecular flexibility index (Phi) is 6.42. The summed E-state index contributed by atoms with van der Waals surface area (Å²) in [5.74, 6) is -1.49. The topological polar surface area (TPSA) is 122 Å². The van der Waals surface area contributed by atoms with Crippen molar-refractivity contribution in [2.45, 2.75) is 39.3 Å². The van der Waals surface area contributed by atoms with E-state index in [2.05, 4.69) is 10.6 Å². The van der Waals surface area contributed by atoms with Gasteiger partial charge in [0, 0.05) is 12.6 Å². The van der Waals surface area contributed by atoms with E-state index in [4.69, 9.17) is 4.74 Å². The Morgan fingerprint density at radius 3 is 2.48 bits per heavy atom. The lowest BCUT2D eigenvalue weighted by Gasteiger charge is -2.18. The molecule has 1 aliphatic rings. The maximum Gasteiger partial charge on any atom is 0.338 e. The van der Waals surface area contributed by atoms with Crippen LogP contribution < -0.4 is 14.9 Å². The highest BCUT2D eigenvalue weighted by molar-refractivity contribution is 7.93. The lowest BCUT2D eigenvalue weighted by molar-refractivity contribution is -0.127. The van der Waals surface area contributed by atoms with Gasteiger partial charge in [0.05, 0.1) is 17.0 Å². The summed E-state index contributed by atoms with van der Waals surface area (Å²) in [7, 11) is -3.37. The summed E-state index contributed by atoms with van der Waals surface area (Å²) < 4.78 is 30.3. The molecule has 1 aliphatic heterocycles. The number of hydrogen-bond acceptors (Lipinski definition) is 6. The number of amides is 3. The van der Waals surface area contributed by atoms with Crippen LogP contribution in [0.25, 0.3) is 0 Å². The highest BCUT2D eigenvalue weighted by atomic mass is 32.2. The van der Waals surface area contributed by atoms with E-state index in [1.54, 1.807) is 26.0 Å². The third-order valence-corrected chi connectivity index (χ3v) is 5.65. The summed E-state index contributed by atoms with van der Waals surface area (Å²) in [4.78, 5) is 35.7. The highest BCUT2D eigenvalue weighted by Crippen LogP contribution is 2.25. The van der Waals surface area contributed by atoms with Crippen molar-refractivity contribution in [2.24, 2.45) is 0 Å². The van der Waals surface area contributed by atoms with Crippen molar-refractivity contribution in [1.82, 2.24) is 10.6 Å². The van der Waals surface area contributed by atoms with Crippen molar-refractivity contribution < 1.29 is 27.5 Å². The smallest absolute Gasteiger partial charge is 0.338 e. The number of carbonyl (C=O) groups excluding carboxylic acids is 3. The number of imide groups is 1. The van der Waals surface area contributed by atoms with E-state index in [-0.39, 0.29) is 17.4 Å². The second kappa shape index (κ2) is 8.38. The molecule has 9 nitrogen and oxygen atoms in total. The van der Waals surface area contributed by atoms with Crippen molar-refractivity contribution in [3.63, 3.8) is 0 Å². The molecule has 10 heteroatoms. The van der Waals surface area contributed by atoms with Gasteiger partial charge in [0.15, 0.2) is 6.10 Å². The molecule has 3 amide bonds. The maximum absolute atomic E-state index is 12.3. The minimum absolute atomic E-state index is 0.0668. The molecule has 1 saturated heterocycles. The molecule has 1 aromatic carbocycles. The summed E-state index contributed by atoms with van der Waals surface area (Å²) in [6.45, 7) is 5.16. The van der Waals surface area contributed by atoms with Gasteiger partial charge in [0.25, 0.3) is 5.91 Å². The lowest BCUT2D eigenvalue weighted by Crippen LogP contribution is -2.46. The van der Waals surface area contributed by atoms with Gasteiger partial charge < -0.3 is 10.1 Å². The molecular formula is C17H23N3O6S. The number of esters is 1. The van der Waals surface area contributed by atoms with Gasteiger partial charge in [-0.15, -0.1) is 0 Å². The number of anilines is 1. The van der Waals surface area contributed by atoms with Gasteiger partial charge in [0.1, 0.15) is 0 Å². The molecule has 1 aromatic rings. The zero-order valence-corrected chi connectivity index (χ0v) is 16.2. The van der Waals surface area contributed by atoms with Gasteiger partial charge in [-0.25, -0.2) is 18.0 Å². The fraction of sp³-hybridized carbons (Fsp3) is 0.471. The third kappa shape index (κ3) is 5.43. The van der Waals surface area contributed by atoms with Crippen LogP contribution in [0.15, 0.2) is 24.3 Å². The predicted molar refractivity (Wildman–Crippen MR) is 98.9 cm³/mol. The zero-order chi connectivity index (χ0) is 20.2. The SMILES string of the molecule is CC(C)NC(=O)NC(=O)C(C)OC(=O)c1cccc(N2CCCS2(=O)=O)c1. The molecule has 1 heterocycles. The first-order valence-corrected chi connectivity index (χ1v) is 10.1. The van der Waals surface area contributed by atoms with E-state index in [9.17, 15) is 22.8 Å². The summed E-state index contributed by atoms with van der Waals surface area (Å²) in [6, 6.07) is 5.16. The molecule has 27 heavy (non-hydrogen) atoms. The predicted octanol–water partition coefficient (Wildman–Crippen LogP) is 1.01. The third-order valence-electron chi connectivity index (χ3n) is 3.78. The van der Waals surface area contributed by atoms with E-state index < -0.39 is 34.0 Å².